The van der Waals surface area contributed by atoms with E-state index in [2.05, 4.69) is 99.1 Å². The Hall–Kier alpha value is 0.487. The maximum Gasteiger partial charge on any atom is 0.0999 e. The Morgan fingerprint density at radius 1 is 1.05 bits per heavy atom. The molecule has 19 heavy (non-hydrogen) atoms. The van der Waals surface area contributed by atoms with E-state index in [4.69, 9.17) is 0 Å². The molecular formula is C15H24S3Si. The van der Waals surface area contributed by atoms with Crippen LogP contribution in [0.1, 0.15) is 20.3 Å². The molecule has 2 rings (SSSR count). The summed E-state index contributed by atoms with van der Waals surface area (Å²) in [5, 5.41) is 1.55. The predicted octanol–water partition coefficient (Wildman–Crippen LogP) is 5.96. The summed E-state index contributed by atoms with van der Waals surface area (Å²) >= 11 is 6.57. The van der Waals surface area contributed by atoms with Crippen molar-refractivity contribution in [2.45, 2.75) is 58.3 Å². The first-order valence-electron chi connectivity index (χ1n) is 6.92. The molecule has 1 heterocycles. The molecule has 0 saturated carbocycles. The zero-order valence-electron chi connectivity index (χ0n) is 12.5. The molecule has 0 N–H and O–H groups in total. The normalized spacial score (nSPS) is 32.3. The van der Waals surface area contributed by atoms with Crippen molar-refractivity contribution in [3.05, 3.63) is 30.3 Å². The van der Waals surface area contributed by atoms with Gasteiger partial charge in [0, 0.05) is 15.4 Å². The third-order valence-electron chi connectivity index (χ3n) is 3.29. The number of hydrogen-bond acceptors (Lipinski definition) is 3. The van der Waals surface area contributed by atoms with Crippen molar-refractivity contribution < 1.29 is 0 Å². The third-order valence-corrected chi connectivity index (χ3v) is 15.9. The second-order valence-electron chi connectivity index (χ2n) is 6.31. The quantitative estimate of drug-likeness (QED) is 0.629. The summed E-state index contributed by atoms with van der Waals surface area (Å²) in [5.74, 6) is 0. The van der Waals surface area contributed by atoms with Gasteiger partial charge >= 0.3 is 0 Å². The van der Waals surface area contributed by atoms with E-state index >= 15 is 0 Å². The highest BCUT2D eigenvalue weighted by molar-refractivity contribution is 8.37. The maximum absolute atomic E-state index is 2.52. The van der Waals surface area contributed by atoms with E-state index in [-0.39, 0.29) is 0 Å². The van der Waals surface area contributed by atoms with Crippen LogP contribution in [0.5, 0.6) is 0 Å². The van der Waals surface area contributed by atoms with Gasteiger partial charge in [0.15, 0.2) is 0 Å². The zero-order chi connectivity index (χ0) is 14.1. The van der Waals surface area contributed by atoms with E-state index in [0.29, 0.717) is 3.03 Å². The molecule has 0 radical (unpaired) electrons. The zero-order valence-corrected chi connectivity index (χ0v) is 15.9. The first kappa shape index (κ1) is 15.9. The number of hydrogen-bond donors (Lipinski definition) is 0. The van der Waals surface area contributed by atoms with Gasteiger partial charge in [-0.2, -0.15) is 0 Å². The van der Waals surface area contributed by atoms with Crippen molar-refractivity contribution in [3.8, 4) is 0 Å². The first-order valence-corrected chi connectivity index (χ1v) is 13.0. The van der Waals surface area contributed by atoms with Gasteiger partial charge in [-0.15, -0.1) is 35.3 Å². The fourth-order valence-corrected chi connectivity index (χ4v) is 13.6. The molecule has 106 valence electrons. The molecule has 1 unspecified atom stereocenters. The summed E-state index contributed by atoms with van der Waals surface area (Å²) in [6.07, 6.45) is 1.34. The van der Waals surface area contributed by atoms with E-state index in [0.717, 1.165) is 10.5 Å². The van der Waals surface area contributed by atoms with Gasteiger partial charge < -0.3 is 0 Å². The predicted molar refractivity (Wildman–Crippen MR) is 97.1 cm³/mol. The van der Waals surface area contributed by atoms with E-state index in [9.17, 15) is 0 Å². The van der Waals surface area contributed by atoms with E-state index in [1.165, 1.54) is 11.3 Å². The molecule has 1 fully saturated rings. The van der Waals surface area contributed by atoms with Crippen molar-refractivity contribution in [1.29, 1.82) is 0 Å². The van der Waals surface area contributed by atoms with Crippen LogP contribution >= 0.6 is 35.3 Å². The number of rotatable bonds is 3. The topological polar surface area (TPSA) is 0 Å². The van der Waals surface area contributed by atoms with Gasteiger partial charge in [0.25, 0.3) is 0 Å². The Labute approximate surface area is 131 Å². The Kier molecular flexibility index (Phi) is 5.08. The highest BCUT2D eigenvalue weighted by Crippen LogP contribution is 2.61. The Morgan fingerprint density at radius 2 is 1.58 bits per heavy atom. The molecule has 1 saturated heterocycles. The molecule has 1 aliphatic rings. The van der Waals surface area contributed by atoms with E-state index < -0.39 is 8.07 Å². The molecular weight excluding hydrogens is 304 g/mol. The minimum atomic E-state index is -1.28. The molecule has 0 aliphatic carbocycles. The molecule has 1 aromatic carbocycles. The van der Waals surface area contributed by atoms with Crippen molar-refractivity contribution in [3.63, 3.8) is 0 Å². The van der Waals surface area contributed by atoms with Crippen LogP contribution in [-0.2, 0) is 0 Å². The summed E-state index contributed by atoms with van der Waals surface area (Å²) < 4.78 is 0.353. The standard InChI is InChI=1S/C15H24S3Si/c1-12-11-13(2)17-15(16-12,19(3,4)5)18-14-9-7-6-8-10-14/h6-10,12-13H,11H2,1-5H3/t12-,13+,15?. The maximum atomic E-state index is 2.52. The molecule has 0 aromatic heterocycles. The van der Waals surface area contributed by atoms with Gasteiger partial charge in [0.1, 0.15) is 0 Å². The second-order valence-corrected chi connectivity index (χ2v) is 18.0. The van der Waals surface area contributed by atoms with Crippen LogP contribution in [0.15, 0.2) is 35.2 Å². The molecule has 0 spiro atoms. The van der Waals surface area contributed by atoms with Gasteiger partial charge in [-0.1, -0.05) is 51.7 Å². The van der Waals surface area contributed by atoms with Crippen LogP contribution in [0, 0.1) is 0 Å². The van der Waals surface area contributed by atoms with Crippen LogP contribution in [0.2, 0.25) is 19.6 Å². The lowest BCUT2D eigenvalue weighted by molar-refractivity contribution is 0.794. The van der Waals surface area contributed by atoms with Crippen molar-refractivity contribution in [1.82, 2.24) is 0 Å². The van der Waals surface area contributed by atoms with Gasteiger partial charge in [0.05, 0.1) is 11.1 Å². The van der Waals surface area contributed by atoms with Crippen molar-refractivity contribution >= 4 is 43.4 Å². The van der Waals surface area contributed by atoms with Crippen LogP contribution in [0.4, 0.5) is 0 Å². The van der Waals surface area contributed by atoms with Crippen LogP contribution in [-0.4, -0.2) is 21.6 Å². The Balaban J connectivity index is 2.30. The molecule has 1 aromatic rings. The fourth-order valence-electron chi connectivity index (χ4n) is 2.32. The second kappa shape index (κ2) is 6.08. The Bertz CT molecular complexity index is 403. The summed E-state index contributed by atoms with van der Waals surface area (Å²) in [4.78, 5) is 1.42. The van der Waals surface area contributed by atoms with Gasteiger partial charge in [0.2, 0.25) is 0 Å². The van der Waals surface area contributed by atoms with Crippen LogP contribution < -0.4 is 0 Å². The molecule has 0 nitrogen and oxygen atoms in total. The largest absolute Gasteiger partial charge is 0.134 e. The monoisotopic (exact) mass is 328 g/mol. The minimum Gasteiger partial charge on any atom is -0.134 e. The highest BCUT2D eigenvalue weighted by Gasteiger charge is 2.50. The molecule has 1 aliphatic heterocycles. The number of benzene rings is 1. The minimum absolute atomic E-state index is 0.353. The lowest BCUT2D eigenvalue weighted by Crippen LogP contribution is -2.48. The van der Waals surface area contributed by atoms with Gasteiger partial charge in [-0.05, 0) is 18.6 Å². The number of thioether (sulfide) groups is 3. The van der Waals surface area contributed by atoms with Crippen LogP contribution in [0.3, 0.4) is 0 Å². The van der Waals surface area contributed by atoms with E-state index in [1.54, 1.807) is 0 Å². The van der Waals surface area contributed by atoms with Gasteiger partial charge in [-0.25, -0.2) is 0 Å². The van der Waals surface area contributed by atoms with Crippen molar-refractivity contribution in [2.24, 2.45) is 0 Å². The van der Waals surface area contributed by atoms with Crippen LogP contribution in [0.25, 0.3) is 0 Å². The molecule has 3 atom stereocenters. The molecule has 0 bridgehead atoms. The molecule has 4 heteroatoms. The lowest BCUT2D eigenvalue weighted by atomic mass is 10.3. The average molecular weight is 329 g/mol. The fraction of sp³-hybridized carbons (Fsp3) is 0.600. The smallest absolute Gasteiger partial charge is 0.0999 e. The van der Waals surface area contributed by atoms with Crippen molar-refractivity contribution in [2.75, 3.05) is 0 Å². The molecule has 0 amide bonds. The average Bonchev–Trinajstić information content (AvgIpc) is 2.27. The Morgan fingerprint density at radius 3 is 2.05 bits per heavy atom. The summed E-state index contributed by atoms with van der Waals surface area (Å²) in [6.45, 7) is 12.4. The third kappa shape index (κ3) is 3.77. The van der Waals surface area contributed by atoms with Gasteiger partial charge in [-0.3, -0.25) is 0 Å². The first-order chi connectivity index (χ1) is 8.82. The summed E-state index contributed by atoms with van der Waals surface area (Å²) in [5.41, 5.74) is 0. The summed E-state index contributed by atoms with van der Waals surface area (Å²) in [7, 11) is -1.28. The van der Waals surface area contributed by atoms with E-state index in [1.807, 2.05) is 0 Å². The highest BCUT2D eigenvalue weighted by atomic mass is 32.3. The summed E-state index contributed by atoms with van der Waals surface area (Å²) in [6, 6.07) is 10.9. The SMILES string of the molecule is C[C@@H]1C[C@H](C)SC(Sc2ccccc2)([Si](C)(C)C)S1. The lowest BCUT2D eigenvalue weighted by Gasteiger charge is -2.48.